The largest absolute Gasteiger partial charge is 0.369 e. The third-order valence-electron chi connectivity index (χ3n) is 5.00. The van der Waals surface area contributed by atoms with E-state index < -0.39 is 17.3 Å². The van der Waals surface area contributed by atoms with Crippen molar-refractivity contribution in [3.05, 3.63) is 58.0 Å². The molecule has 0 bridgehead atoms. The zero-order valence-corrected chi connectivity index (χ0v) is 14.9. The van der Waals surface area contributed by atoms with Crippen molar-refractivity contribution >= 4 is 29.1 Å². The Kier molecular flexibility index (Phi) is 3.80. The SMILES string of the molecule is CN1C(=O)C2CN(C(=O)c3cccc(F)c3)CC2(c2cccs2)N=C1N. The maximum absolute atomic E-state index is 13.5. The van der Waals surface area contributed by atoms with E-state index in [1.807, 2.05) is 17.5 Å². The van der Waals surface area contributed by atoms with Gasteiger partial charge in [-0.1, -0.05) is 12.1 Å². The lowest BCUT2D eigenvalue weighted by molar-refractivity contribution is -0.132. The number of amides is 2. The van der Waals surface area contributed by atoms with Gasteiger partial charge in [0.05, 0.1) is 12.5 Å². The fraction of sp³-hybridized carbons (Fsp3) is 0.278. The molecule has 26 heavy (non-hydrogen) atoms. The van der Waals surface area contributed by atoms with Crippen molar-refractivity contribution in [1.29, 1.82) is 0 Å². The van der Waals surface area contributed by atoms with Crippen LogP contribution in [0.25, 0.3) is 0 Å². The molecule has 2 unspecified atom stereocenters. The molecule has 4 rings (SSSR count). The standard InChI is InChI=1S/C18H17FN4O2S/c1-22-16(25)13-9-23(15(24)11-4-2-5-12(19)8-11)10-18(13,21-17(22)20)14-6-3-7-26-14/h2-8,13H,9-10H2,1H3,(H2,20,21). The molecular formula is C18H17FN4O2S. The van der Waals surface area contributed by atoms with E-state index in [9.17, 15) is 14.0 Å². The molecule has 1 aromatic heterocycles. The topological polar surface area (TPSA) is 79.0 Å². The van der Waals surface area contributed by atoms with Crippen molar-refractivity contribution in [3.8, 4) is 0 Å². The summed E-state index contributed by atoms with van der Waals surface area (Å²) in [6.45, 7) is 0.445. The van der Waals surface area contributed by atoms with Crippen LogP contribution in [-0.2, 0) is 10.3 Å². The molecule has 0 aliphatic carbocycles. The predicted octanol–water partition coefficient (Wildman–Crippen LogP) is 1.64. The number of guanidine groups is 1. The summed E-state index contributed by atoms with van der Waals surface area (Å²) in [7, 11) is 1.58. The molecule has 2 aliphatic rings. The minimum atomic E-state index is -0.884. The summed E-state index contributed by atoms with van der Waals surface area (Å²) in [5.74, 6) is -1.34. The van der Waals surface area contributed by atoms with E-state index in [0.717, 1.165) is 4.88 Å². The molecule has 2 aliphatic heterocycles. The molecule has 6 nitrogen and oxygen atoms in total. The summed E-state index contributed by atoms with van der Waals surface area (Å²) in [5, 5.41) is 1.91. The number of carbonyl (C=O) groups excluding carboxylic acids is 2. The lowest BCUT2D eigenvalue weighted by atomic mass is 9.84. The van der Waals surface area contributed by atoms with Crippen molar-refractivity contribution in [1.82, 2.24) is 9.80 Å². The zero-order valence-electron chi connectivity index (χ0n) is 14.1. The molecule has 2 amide bonds. The van der Waals surface area contributed by atoms with Gasteiger partial charge in [-0.05, 0) is 29.6 Å². The molecule has 1 fully saturated rings. The number of hydrogen-bond donors (Lipinski definition) is 1. The van der Waals surface area contributed by atoms with Crippen LogP contribution in [0.3, 0.4) is 0 Å². The number of rotatable bonds is 2. The van der Waals surface area contributed by atoms with Gasteiger partial charge in [0.25, 0.3) is 5.91 Å². The molecule has 3 heterocycles. The Hall–Kier alpha value is -2.74. The molecule has 0 radical (unpaired) electrons. The van der Waals surface area contributed by atoms with Crippen molar-refractivity contribution in [2.45, 2.75) is 5.54 Å². The van der Waals surface area contributed by atoms with Crippen LogP contribution in [0.1, 0.15) is 15.2 Å². The van der Waals surface area contributed by atoms with Crippen LogP contribution in [0.2, 0.25) is 0 Å². The Balaban J connectivity index is 1.76. The monoisotopic (exact) mass is 372 g/mol. The van der Waals surface area contributed by atoms with Crippen LogP contribution in [-0.4, -0.2) is 47.7 Å². The first kappa shape index (κ1) is 16.7. The molecule has 2 aromatic rings. The van der Waals surface area contributed by atoms with Crippen molar-refractivity contribution in [3.63, 3.8) is 0 Å². The van der Waals surface area contributed by atoms with Gasteiger partial charge in [-0.3, -0.25) is 14.5 Å². The third kappa shape index (κ3) is 2.40. The second kappa shape index (κ2) is 5.91. The van der Waals surface area contributed by atoms with Gasteiger partial charge < -0.3 is 10.6 Å². The fourth-order valence-electron chi connectivity index (χ4n) is 3.65. The minimum absolute atomic E-state index is 0.139. The summed E-state index contributed by atoms with van der Waals surface area (Å²) in [6.07, 6.45) is 0. The van der Waals surface area contributed by atoms with Gasteiger partial charge in [0, 0.05) is 24.0 Å². The lowest BCUT2D eigenvalue weighted by Crippen LogP contribution is -2.54. The van der Waals surface area contributed by atoms with Gasteiger partial charge in [0.2, 0.25) is 5.91 Å². The van der Waals surface area contributed by atoms with Gasteiger partial charge in [-0.15, -0.1) is 11.3 Å². The zero-order chi connectivity index (χ0) is 18.5. The average molecular weight is 372 g/mol. The highest BCUT2D eigenvalue weighted by Gasteiger charge is 2.56. The molecule has 1 saturated heterocycles. The smallest absolute Gasteiger partial charge is 0.254 e. The summed E-state index contributed by atoms with van der Waals surface area (Å²) in [4.78, 5) is 34.1. The molecule has 2 N–H and O–H groups in total. The summed E-state index contributed by atoms with van der Waals surface area (Å²) < 4.78 is 13.5. The number of likely N-dealkylation sites (tertiary alicyclic amines) is 1. The number of hydrogen-bond acceptors (Lipinski definition) is 5. The number of aliphatic imine (C=N–C) groups is 1. The van der Waals surface area contributed by atoms with Gasteiger partial charge in [0.15, 0.2) is 5.96 Å². The van der Waals surface area contributed by atoms with Crippen molar-refractivity contribution in [2.75, 3.05) is 20.1 Å². The number of nitrogens with zero attached hydrogens (tertiary/aromatic N) is 3. The number of benzene rings is 1. The quantitative estimate of drug-likeness (QED) is 0.870. The maximum atomic E-state index is 13.5. The Morgan fingerprint density at radius 1 is 1.38 bits per heavy atom. The number of thiophene rings is 1. The van der Waals surface area contributed by atoms with Crippen LogP contribution < -0.4 is 5.73 Å². The Morgan fingerprint density at radius 2 is 2.19 bits per heavy atom. The van der Waals surface area contributed by atoms with E-state index in [4.69, 9.17) is 5.73 Å². The van der Waals surface area contributed by atoms with E-state index in [0.29, 0.717) is 0 Å². The lowest BCUT2D eigenvalue weighted by Gasteiger charge is -2.36. The van der Waals surface area contributed by atoms with Crippen LogP contribution in [0.5, 0.6) is 0 Å². The first-order valence-corrected chi connectivity index (χ1v) is 9.02. The van der Waals surface area contributed by atoms with E-state index in [2.05, 4.69) is 4.99 Å². The van der Waals surface area contributed by atoms with Crippen LogP contribution >= 0.6 is 11.3 Å². The number of nitrogens with two attached hydrogens (primary N) is 1. The average Bonchev–Trinajstić information content (AvgIpc) is 3.28. The molecule has 8 heteroatoms. The molecule has 2 atom stereocenters. The Bertz CT molecular complexity index is 914. The van der Waals surface area contributed by atoms with Gasteiger partial charge in [-0.2, -0.15) is 0 Å². The summed E-state index contributed by atoms with van der Waals surface area (Å²) in [6, 6.07) is 9.35. The highest BCUT2D eigenvalue weighted by molar-refractivity contribution is 7.10. The molecule has 0 saturated carbocycles. The van der Waals surface area contributed by atoms with Crippen molar-refractivity contribution < 1.29 is 14.0 Å². The molecule has 0 spiro atoms. The van der Waals surface area contributed by atoms with E-state index >= 15 is 0 Å². The summed E-state index contributed by atoms with van der Waals surface area (Å²) in [5.41, 5.74) is 5.34. The molecular weight excluding hydrogens is 355 g/mol. The minimum Gasteiger partial charge on any atom is -0.369 e. The van der Waals surface area contributed by atoms with Gasteiger partial charge in [-0.25, -0.2) is 9.38 Å². The van der Waals surface area contributed by atoms with E-state index in [1.54, 1.807) is 18.0 Å². The number of halogens is 1. The molecule has 134 valence electrons. The predicted molar refractivity (Wildman–Crippen MR) is 96.2 cm³/mol. The second-order valence-electron chi connectivity index (χ2n) is 6.52. The maximum Gasteiger partial charge on any atom is 0.254 e. The second-order valence-corrected chi connectivity index (χ2v) is 7.47. The first-order valence-electron chi connectivity index (χ1n) is 8.14. The van der Waals surface area contributed by atoms with Gasteiger partial charge >= 0.3 is 0 Å². The highest BCUT2D eigenvalue weighted by Crippen LogP contribution is 2.45. The van der Waals surface area contributed by atoms with Gasteiger partial charge in [0.1, 0.15) is 11.4 Å². The molecule has 1 aromatic carbocycles. The van der Waals surface area contributed by atoms with Crippen LogP contribution in [0.4, 0.5) is 4.39 Å². The Labute approximate surface area is 153 Å². The Morgan fingerprint density at radius 3 is 2.88 bits per heavy atom. The van der Waals surface area contributed by atoms with Crippen LogP contribution in [0.15, 0.2) is 46.8 Å². The first-order chi connectivity index (χ1) is 12.4. The highest BCUT2D eigenvalue weighted by atomic mass is 32.1. The number of fused-ring (bicyclic) bond motifs is 1. The van der Waals surface area contributed by atoms with E-state index in [-0.39, 0.29) is 36.4 Å². The third-order valence-corrected chi connectivity index (χ3v) is 6.04. The fourth-order valence-corrected chi connectivity index (χ4v) is 4.56. The van der Waals surface area contributed by atoms with Crippen molar-refractivity contribution in [2.24, 2.45) is 16.6 Å². The normalized spacial score (nSPS) is 25.2. The van der Waals surface area contributed by atoms with E-state index in [1.165, 1.54) is 34.4 Å². The number of carbonyl (C=O) groups is 2. The van der Waals surface area contributed by atoms with Crippen LogP contribution in [0, 0.1) is 11.7 Å². The summed E-state index contributed by atoms with van der Waals surface area (Å²) >= 11 is 1.48.